The maximum atomic E-state index is 12.5. The van der Waals surface area contributed by atoms with Crippen LogP contribution in [0.15, 0.2) is 40.9 Å². The van der Waals surface area contributed by atoms with Crippen molar-refractivity contribution in [2.75, 3.05) is 7.11 Å². The highest BCUT2D eigenvalue weighted by atomic mass is 79.9. The van der Waals surface area contributed by atoms with Crippen LogP contribution < -0.4 is 15.4 Å². The molecule has 3 rings (SSSR count). The number of fused-ring (bicyclic) bond motifs is 1. The molecule has 1 aliphatic rings. The molecule has 6 heteroatoms. The Kier molecular flexibility index (Phi) is 6.27. The summed E-state index contributed by atoms with van der Waals surface area (Å²) in [4.78, 5) is 12.5. The highest BCUT2D eigenvalue weighted by Gasteiger charge is 2.16. The summed E-state index contributed by atoms with van der Waals surface area (Å²) in [7, 11) is 1.63. The van der Waals surface area contributed by atoms with E-state index in [2.05, 4.69) is 26.6 Å². The fraction of sp³-hybridized carbons (Fsp3) is 0.278. The minimum atomic E-state index is -0.0870. The second kappa shape index (κ2) is 8.01. The lowest BCUT2D eigenvalue weighted by molar-refractivity contribution is 0.0940. The van der Waals surface area contributed by atoms with Crippen LogP contribution in [0.3, 0.4) is 0 Å². The number of ether oxygens (including phenoxy) is 1. The summed E-state index contributed by atoms with van der Waals surface area (Å²) in [5.74, 6) is 0.720. The van der Waals surface area contributed by atoms with Gasteiger partial charge in [0, 0.05) is 18.7 Å². The molecular formula is C18H20BrClN2O2. The van der Waals surface area contributed by atoms with Crippen LogP contribution in [-0.4, -0.2) is 13.0 Å². The number of carbonyl (C=O) groups excluding carboxylic acids is 1. The van der Waals surface area contributed by atoms with Gasteiger partial charge in [0.25, 0.3) is 5.91 Å². The quantitative estimate of drug-likeness (QED) is 0.800. The predicted molar refractivity (Wildman–Crippen MR) is 101 cm³/mol. The van der Waals surface area contributed by atoms with Gasteiger partial charge >= 0.3 is 0 Å². The number of benzene rings is 2. The fourth-order valence-electron chi connectivity index (χ4n) is 2.75. The number of hydrogen-bond donors (Lipinski definition) is 2. The van der Waals surface area contributed by atoms with E-state index in [-0.39, 0.29) is 24.4 Å². The van der Waals surface area contributed by atoms with Gasteiger partial charge in [-0.3, -0.25) is 4.79 Å². The highest BCUT2D eigenvalue weighted by molar-refractivity contribution is 9.10. The van der Waals surface area contributed by atoms with Crippen molar-refractivity contribution in [2.24, 2.45) is 0 Å². The van der Waals surface area contributed by atoms with Gasteiger partial charge in [-0.25, -0.2) is 0 Å². The molecule has 2 N–H and O–H groups in total. The Balaban J connectivity index is 0.00000208. The normalized spacial score (nSPS) is 13.6. The predicted octanol–water partition coefficient (Wildman–Crippen LogP) is 3.97. The molecule has 0 fully saturated rings. The maximum absolute atomic E-state index is 12.5. The Morgan fingerprint density at radius 2 is 1.96 bits per heavy atom. The summed E-state index contributed by atoms with van der Waals surface area (Å²) < 4.78 is 6.11. The summed E-state index contributed by atoms with van der Waals surface area (Å²) in [6.07, 6.45) is 0. The summed E-state index contributed by atoms with van der Waals surface area (Å²) in [5, 5.41) is 6.34. The third-order valence-electron chi connectivity index (χ3n) is 4.12. The molecule has 2 aromatic rings. The Morgan fingerprint density at radius 3 is 2.67 bits per heavy atom. The molecular weight excluding hydrogens is 392 g/mol. The lowest BCUT2D eigenvalue weighted by Gasteiger charge is -2.16. The van der Waals surface area contributed by atoms with Crippen LogP contribution >= 0.6 is 28.3 Å². The third-order valence-corrected chi connectivity index (χ3v) is 4.74. The Hall–Kier alpha value is -1.56. The molecule has 128 valence electrons. The summed E-state index contributed by atoms with van der Waals surface area (Å²) in [6, 6.07) is 11.6. The molecule has 0 aliphatic carbocycles. The number of rotatable bonds is 4. The molecule has 4 nitrogen and oxygen atoms in total. The lowest BCUT2D eigenvalue weighted by Crippen LogP contribution is -2.26. The summed E-state index contributed by atoms with van der Waals surface area (Å²) in [6.45, 7) is 3.69. The zero-order chi connectivity index (χ0) is 16.4. The van der Waals surface area contributed by atoms with Crippen LogP contribution in [0.1, 0.15) is 40.0 Å². The van der Waals surface area contributed by atoms with Crippen molar-refractivity contribution in [3.63, 3.8) is 0 Å². The molecule has 0 radical (unpaired) electrons. The molecule has 24 heavy (non-hydrogen) atoms. The van der Waals surface area contributed by atoms with E-state index < -0.39 is 0 Å². The van der Waals surface area contributed by atoms with Crippen LogP contribution in [0.5, 0.6) is 5.75 Å². The Labute approximate surface area is 156 Å². The van der Waals surface area contributed by atoms with E-state index in [4.69, 9.17) is 4.74 Å². The molecule has 1 heterocycles. The van der Waals surface area contributed by atoms with Crippen molar-refractivity contribution in [1.29, 1.82) is 0 Å². The molecule has 0 aromatic heterocycles. The number of carbonyl (C=O) groups is 1. The first-order chi connectivity index (χ1) is 11.1. The first-order valence-corrected chi connectivity index (χ1v) is 8.34. The minimum Gasteiger partial charge on any atom is -0.496 e. The van der Waals surface area contributed by atoms with Crippen LogP contribution in [0.4, 0.5) is 0 Å². The summed E-state index contributed by atoms with van der Waals surface area (Å²) >= 11 is 3.48. The lowest BCUT2D eigenvalue weighted by atomic mass is 10.0. The van der Waals surface area contributed by atoms with Gasteiger partial charge in [0.05, 0.1) is 17.6 Å². The number of amides is 1. The van der Waals surface area contributed by atoms with Gasteiger partial charge in [0.15, 0.2) is 0 Å². The molecule has 1 atom stereocenters. The van der Waals surface area contributed by atoms with Crippen molar-refractivity contribution in [1.82, 2.24) is 10.6 Å². The van der Waals surface area contributed by atoms with Gasteiger partial charge in [-0.15, -0.1) is 12.4 Å². The average Bonchev–Trinajstić information content (AvgIpc) is 3.02. The van der Waals surface area contributed by atoms with Gasteiger partial charge in [-0.1, -0.05) is 12.1 Å². The van der Waals surface area contributed by atoms with Gasteiger partial charge in [0.1, 0.15) is 5.75 Å². The Morgan fingerprint density at radius 1 is 1.21 bits per heavy atom. The van der Waals surface area contributed by atoms with Crippen molar-refractivity contribution in [3.05, 3.63) is 63.1 Å². The second-order valence-electron chi connectivity index (χ2n) is 5.68. The zero-order valence-corrected chi connectivity index (χ0v) is 16.0. The van der Waals surface area contributed by atoms with E-state index in [9.17, 15) is 4.79 Å². The number of nitrogens with one attached hydrogen (secondary N) is 2. The topological polar surface area (TPSA) is 50.4 Å². The van der Waals surface area contributed by atoms with Crippen molar-refractivity contribution in [3.8, 4) is 5.75 Å². The van der Waals surface area contributed by atoms with Crippen LogP contribution in [-0.2, 0) is 13.1 Å². The van der Waals surface area contributed by atoms with Gasteiger partial charge in [-0.2, -0.15) is 0 Å². The van der Waals surface area contributed by atoms with Crippen molar-refractivity contribution in [2.45, 2.75) is 26.1 Å². The van der Waals surface area contributed by atoms with Gasteiger partial charge in [-0.05, 0) is 63.8 Å². The molecule has 0 bridgehead atoms. The van der Waals surface area contributed by atoms with E-state index in [1.807, 2.05) is 43.3 Å². The molecule has 0 saturated heterocycles. The fourth-order valence-corrected chi connectivity index (χ4v) is 3.31. The number of halogens is 2. The van der Waals surface area contributed by atoms with Crippen LogP contribution in [0, 0.1) is 0 Å². The van der Waals surface area contributed by atoms with E-state index in [1.54, 1.807) is 7.11 Å². The first kappa shape index (κ1) is 18.8. The molecule has 1 amide bonds. The highest BCUT2D eigenvalue weighted by Crippen LogP contribution is 2.28. The van der Waals surface area contributed by atoms with Crippen molar-refractivity contribution < 1.29 is 9.53 Å². The van der Waals surface area contributed by atoms with Crippen LogP contribution in [0.25, 0.3) is 0 Å². The molecule has 0 saturated carbocycles. The largest absolute Gasteiger partial charge is 0.496 e. The second-order valence-corrected chi connectivity index (χ2v) is 6.53. The molecule has 1 aliphatic heterocycles. The maximum Gasteiger partial charge on any atom is 0.251 e. The van der Waals surface area contributed by atoms with Crippen molar-refractivity contribution >= 4 is 34.2 Å². The standard InChI is InChI=1S/C18H19BrN2O2.ClH/c1-11(12-5-6-17(23-2)16(19)8-12)21-18(22)13-3-4-14-9-20-10-15(14)7-13;/h3-8,11,20H,9-10H2,1-2H3,(H,21,22);1H. The van der Waals surface area contributed by atoms with Gasteiger partial charge in [0.2, 0.25) is 0 Å². The number of hydrogen-bond acceptors (Lipinski definition) is 3. The molecule has 1 unspecified atom stereocenters. The average molecular weight is 412 g/mol. The summed E-state index contributed by atoms with van der Waals surface area (Å²) in [5.41, 5.74) is 4.20. The van der Waals surface area contributed by atoms with Crippen LogP contribution in [0.2, 0.25) is 0 Å². The molecule has 0 spiro atoms. The SMILES string of the molecule is COc1ccc(C(C)NC(=O)c2ccc3c(c2)CNC3)cc1Br.Cl. The monoisotopic (exact) mass is 410 g/mol. The van der Waals surface area contributed by atoms with E-state index in [1.165, 1.54) is 11.1 Å². The number of methoxy groups -OCH3 is 1. The zero-order valence-electron chi connectivity index (χ0n) is 13.6. The van der Waals surface area contributed by atoms with Gasteiger partial charge < -0.3 is 15.4 Å². The van der Waals surface area contributed by atoms with E-state index in [0.717, 1.165) is 28.9 Å². The molecule has 2 aromatic carbocycles. The third kappa shape index (κ3) is 3.91. The van der Waals surface area contributed by atoms with E-state index >= 15 is 0 Å². The first-order valence-electron chi connectivity index (χ1n) is 7.55. The minimum absolute atomic E-state index is 0. The smallest absolute Gasteiger partial charge is 0.251 e. The Bertz CT molecular complexity index is 752. The van der Waals surface area contributed by atoms with E-state index in [0.29, 0.717) is 5.56 Å².